The molecular weight excluding hydrogens is 404 g/mol. The van der Waals surface area contributed by atoms with Crippen LogP contribution < -0.4 is 10.7 Å². The Morgan fingerprint density at radius 2 is 1.85 bits per heavy atom. The van der Waals surface area contributed by atoms with Crippen LogP contribution in [0.2, 0.25) is 0 Å². The molecule has 132 valence electrons. The summed E-state index contributed by atoms with van der Waals surface area (Å²) in [4.78, 5) is 26.0. The van der Waals surface area contributed by atoms with E-state index in [0.717, 1.165) is 39.3 Å². The number of benzene rings is 3. The van der Waals surface area contributed by atoms with Crippen LogP contribution in [0.15, 0.2) is 70.1 Å². The molecule has 0 bridgehead atoms. The fourth-order valence-corrected chi connectivity index (χ4v) is 4.39. The number of pyridine rings is 1. The number of aromatic nitrogens is 1. The number of nitrogens with one attached hydrogen (secondary N) is 1. The van der Waals surface area contributed by atoms with E-state index in [0.29, 0.717) is 11.1 Å². The molecule has 0 saturated carbocycles. The van der Waals surface area contributed by atoms with Gasteiger partial charge in [0, 0.05) is 33.7 Å². The second-order valence-electron chi connectivity index (χ2n) is 6.76. The van der Waals surface area contributed by atoms with Crippen molar-refractivity contribution in [2.45, 2.75) is 13.0 Å². The normalized spacial score (nSPS) is 12.6. The number of aryl methyl sites for hydroxylation is 2. The van der Waals surface area contributed by atoms with Crippen molar-refractivity contribution in [3.05, 3.63) is 86.6 Å². The van der Waals surface area contributed by atoms with Crippen molar-refractivity contribution in [1.82, 2.24) is 4.57 Å². The van der Waals surface area contributed by atoms with Crippen LogP contribution in [0.4, 0.5) is 5.69 Å². The van der Waals surface area contributed by atoms with Crippen molar-refractivity contribution >= 4 is 49.2 Å². The fraction of sp³-hybridized carbons (Fsp3) is 0.0909. The summed E-state index contributed by atoms with van der Waals surface area (Å²) in [5.41, 5.74) is 2.71. The first-order chi connectivity index (χ1) is 13.1. The van der Waals surface area contributed by atoms with E-state index in [9.17, 15) is 9.59 Å². The largest absolute Gasteiger partial charge is 0.346 e. The van der Waals surface area contributed by atoms with E-state index in [4.69, 9.17) is 0 Å². The van der Waals surface area contributed by atoms with Crippen molar-refractivity contribution in [2.24, 2.45) is 0 Å². The summed E-state index contributed by atoms with van der Waals surface area (Å²) in [5, 5.41) is 5.50. The standard InChI is InChI=1S/C22H15BrN2O2/c23-15-10-14-8-9-25-12-18(21(26)17(11-15)20(14)25)22(27)24-19-7-3-5-13-4-1-2-6-16(13)19/h1-7,10-12H,8-9H2,(H,24,27). The van der Waals surface area contributed by atoms with Crippen LogP contribution in [0, 0.1) is 0 Å². The summed E-state index contributed by atoms with van der Waals surface area (Å²) < 4.78 is 2.87. The number of hydrogen-bond donors (Lipinski definition) is 1. The number of carbonyl (C=O) groups is 1. The third-order valence-electron chi connectivity index (χ3n) is 5.12. The number of carbonyl (C=O) groups excluding carboxylic acids is 1. The van der Waals surface area contributed by atoms with Gasteiger partial charge >= 0.3 is 0 Å². The number of halogens is 1. The van der Waals surface area contributed by atoms with Gasteiger partial charge in [-0.3, -0.25) is 9.59 Å². The van der Waals surface area contributed by atoms with Gasteiger partial charge in [0.15, 0.2) is 0 Å². The molecule has 0 fully saturated rings. The summed E-state index contributed by atoms with van der Waals surface area (Å²) >= 11 is 3.48. The number of anilines is 1. The third-order valence-corrected chi connectivity index (χ3v) is 5.58. The summed E-state index contributed by atoms with van der Waals surface area (Å²) in [7, 11) is 0. The molecule has 0 atom stereocenters. The van der Waals surface area contributed by atoms with E-state index in [2.05, 4.69) is 21.2 Å². The van der Waals surface area contributed by atoms with Gasteiger partial charge in [-0.05, 0) is 35.6 Å². The molecule has 0 radical (unpaired) electrons. The maximum atomic E-state index is 13.0. The fourth-order valence-electron chi connectivity index (χ4n) is 3.89. The van der Waals surface area contributed by atoms with Crippen molar-refractivity contribution in [3.63, 3.8) is 0 Å². The van der Waals surface area contributed by atoms with Crippen LogP contribution in [0.25, 0.3) is 21.7 Å². The quantitative estimate of drug-likeness (QED) is 0.511. The minimum absolute atomic E-state index is 0.168. The van der Waals surface area contributed by atoms with E-state index < -0.39 is 0 Å². The first kappa shape index (κ1) is 16.3. The Morgan fingerprint density at radius 1 is 1.04 bits per heavy atom. The molecule has 1 aliphatic heterocycles. The number of rotatable bonds is 2. The molecule has 4 aromatic rings. The zero-order chi connectivity index (χ0) is 18.5. The highest BCUT2D eigenvalue weighted by molar-refractivity contribution is 9.10. The molecule has 3 aromatic carbocycles. The summed E-state index contributed by atoms with van der Waals surface area (Å²) in [6, 6.07) is 17.4. The Bertz CT molecular complexity index is 1300. The first-order valence-electron chi connectivity index (χ1n) is 8.76. The molecule has 27 heavy (non-hydrogen) atoms. The number of fused-ring (bicyclic) bond motifs is 1. The Hall–Kier alpha value is -2.92. The highest BCUT2D eigenvalue weighted by Crippen LogP contribution is 2.28. The zero-order valence-electron chi connectivity index (χ0n) is 14.3. The average molecular weight is 419 g/mol. The smallest absolute Gasteiger partial charge is 0.261 e. The van der Waals surface area contributed by atoms with Gasteiger partial charge in [0.05, 0.1) is 5.52 Å². The lowest BCUT2D eigenvalue weighted by Crippen LogP contribution is -2.23. The molecule has 0 spiro atoms. The zero-order valence-corrected chi connectivity index (χ0v) is 15.9. The van der Waals surface area contributed by atoms with Crippen LogP contribution in [0.1, 0.15) is 15.9 Å². The molecule has 0 unspecified atom stereocenters. The Morgan fingerprint density at radius 3 is 2.74 bits per heavy atom. The molecule has 1 N–H and O–H groups in total. The average Bonchev–Trinajstić information content (AvgIpc) is 3.07. The van der Waals surface area contributed by atoms with E-state index >= 15 is 0 Å². The lowest BCUT2D eigenvalue weighted by Gasteiger charge is -2.11. The van der Waals surface area contributed by atoms with E-state index in [1.54, 1.807) is 12.3 Å². The molecule has 2 heterocycles. The predicted molar refractivity (Wildman–Crippen MR) is 112 cm³/mol. The molecule has 0 aliphatic carbocycles. The maximum Gasteiger partial charge on any atom is 0.261 e. The molecule has 0 saturated heterocycles. The second kappa shape index (κ2) is 6.06. The SMILES string of the molecule is O=C(Nc1cccc2ccccc12)c1cn2c3c(cc(Br)cc3c1=O)CC2. The van der Waals surface area contributed by atoms with Crippen LogP contribution in [0.3, 0.4) is 0 Å². The molecule has 4 nitrogen and oxygen atoms in total. The third kappa shape index (κ3) is 2.58. The lowest BCUT2D eigenvalue weighted by molar-refractivity contribution is 0.102. The lowest BCUT2D eigenvalue weighted by atomic mass is 10.1. The van der Waals surface area contributed by atoms with Crippen molar-refractivity contribution in [2.75, 3.05) is 5.32 Å². The molecule has 1 aromatic heterocycles. The van der Waals surface area contributed by atoms with Gasteiger partial charge in [-0.15, -0.1) is 0 Å². The number of hydrogen-bond acceptors (Lipinski definition) is 2. The highest BCUT2D eigenvalue weighted by atomic mass is 79.9. The summed E-state index contributed by atoms with van der Waals surface area (Å²) in [6.45, 7) is 0.775. The van der Waals surface area contributed by atoms with Crippen LogP contribution in [0.5, 0.6) is 0 Å². The molecule has 1 aliphatic rings. The van der Waals surface area contributed by atoms with Gasteiger partial charge in [-0.2, -0.15) is 0 Å². The van der Waals surface area contributed by atoms with Crippen LogP contribution in [-0.2, 0) is 13.0 Å². The van der Waals surface area contributed by atoms with Crippen LogP contribution in [-0.4, -0.2) is 10.5 Å². The Kier molecular flexibility index (Phi) is 3.65. The topological polar surface area (TPSA) is 51.1 Å². The van der Waals surface area contributed by atoms with Gasteiger partial charge < -0.3 is 9.88 Å². The van der Waals surface area contributed by atoms with Gasteiger partial charge in [0.2, 0.25) is 5.43 Å². The molecule has 5 heteroatoms. The molecular formula is C22H15BrN2O2. The summed E-state index contributed by atoms with van der Waals surface area (Å²) in [5.74, 6) is -0.379. The minimum atomic E-state index is -0.379. The first-order valence-corrected chi connectivity index (χ1v) is 9.56. The maximum absolute atomic E-state index is 13.0. The van der Waals surface area contributed by atoms with Crippen molar-refractivity contribution < 1.29 is 4.79 Å². The summed E-state index contributed by atoms with van der Waals surface area (Å²) in [6.07, 6.45) is 2.55. The van der Waals surface area contributed by atoms with Gasteiger partial charge in [0.1, 0.15) is 5.56 Å². The van der Waals surface area contributed by atoms with E-state index in [-0.39, 0.29) is 16.9 Å². The highest BCUT2D eigenvalue weighted by Gasteiger charge is 2.21. The van der Waals surface area contributed by atoms with E-state index in [1.807, 2.05) is 53.1 Å². The van der Waals surface area contributed by atoms with Gasteiger partial charge in [-0.1, -0.05) is 52.3 Å². The van der Waals surface area contributed by atoms with Crippen molar-refractivity contribution in [3.8, 4) is 0 Å². The number of nitrogens with zero attached hydrogens (tertiary/aromatic N) is 1. The Balaban J connectivity index is 1.63. The minimum Gasteiger partial charge on any atom is -0.346 e. The van der Waals surface area contributed by atoms with Gasteiger partial charge in [-0.25, -0.2) is 0 Å². The van der Waals surface area contributed by atoms with E-state index in [1.165, 1.54) is 0 Å². The molecule has 5 rings (SSSR count). The number of amides is 1. The predicted octanol–water partition coefficient (Wildman–Crippen LogP) is 4.73. The molecule has 1 amide bonds. The second-order valence-corrected chi connectivity index (χ2v) is 7.67. The monoisotopic (exact) mass is 418 g/mol. The Labute approximate surface area is 163 Å². The van der Waals surface area contributed by atoms with Crippen molar-refractivity contribution in [1.29, 1.82) is 0 Å². The van der Waals surface area contributed by atoms with Crippen LogP contribution >= 0.6 is 15.9 Å². The van der Waals surface area contributed by atoms with Gasteiger partial charge in [0.25, 0.3) is 5.91 Å².